The summed E-state index contributed by atoms with van der Waals surface area (Å²) >= 11 is 6.19. The van der Waals surface area contributed by atoms with Crippen molar-refractivity contribution in [2.45, 2.75) is 33.1 Å². The molecule has 0 unspecified atom stereocenters. The van der Waals surface area contributed by atoms with Crippen molar-refractivity contribution in [2.24, 2.45) is 0 Å². The quantitative estimate of drug-likeness (QED) is 0.781. The predicted molar refractivity (Wildman–Crippen MR) is 83.5 cm³/mol. The molecule has 0 saturated heterocycles. The number of nitrogens with zero attached hydrogens (tertiary/aromatic N) is 2. The molecule has 0 aliphatic rings. The summed E-state index contributed by atoms with van der Waals surface area (Å²) in [7, 11) is 1.62. The zero-order chi connectivity index (χ0) is 15.6. The van der Waals surface area contributed by atoms with E-state index in [1.807, 2.05) is 52.0 Å². The van der Waals surface area contributed by atoms with Gasteiger partial charge in [-0.05, 0) is 31.2 Å². The normalized spacial score (nSPS) is 11.3. The Hall–Kier alpha value is -1.81. The van der Waals surface area contributed by atoms with E-state index < -0.39 is 0 Å². The van der Waals surface area contributed by atoms with Gasteiger partial charge in [0.1, 0.15) is 22.5 Å². The van der Waals surface area contributed by atoms with Crippen LogP contribution < -0.4 is 9.47 Å². The van der Waals surface area contributed by atoms with Crippen LogP contribution in [0, 0.1) is 6.92 Å². The van der Waals surface area contributed by atoms with Crippen molar-refractivity contribution >= 4 is 11.6 Å². The van der Waals surface area contributed by atoms with E-state index in [9.17, 15) is 0 Å². The number of hydrogen-bond acceptors (Lipinski definition) is 4. The summed E-state index contributed by atoms with van der Waals surface area (Å²) in [6.07, 6.45) is 0. The van der Waals surface area contributed by atoms with Gasteiger partial charge in [0.25, 0.3) is 0 Å². The van der Waals surface area contributed by atoms with Gasteiger partial charge in [0.05, 0.1) is 7.11 Å². The van der Waals surface area contributed by atoms with Crippen molar-refractivity contribution in [2.75, 3.05) is 7.11 Å². The summed E-state index contributed by atoms with van der Waals surface area (Å²) in [6, 6.07) is 7.31. The summed E-state index contributed by atoms with van der Waals surface area (Å²) in [5.41, 5.74) is 0.524. The van der Waals surface area contributed by atoms with Crippen LogP contribution in [0.4, 0.5) is 0 Å². The molecule has 1 aromatic carbocycles. The molecule has 0 amide bonds. The van der Waals surface area contributed by atoms with Crippen LogP contribution in [0.1, 0.15) is 32.2 Å². The van der Waals surface area contributed by atoms with E-state index in [0.29, 0.717) is 22.6 Å². The first-order valence-corrected chi connectivity index (χ1v) is 7.05. The standard InChI is InChI=1S/C16H19ClN2O2/c1-10-13(17)18-15(16(2,3)4)19-14(10)21-12-8-6-11(20-5)7-9-12/h6-9H,1-5H3. The van der Waals surface area contributed by atoms with Gasteiger partial charge in [-0.2, -0.15) is 4.98 Å². The minimum absolute atomic E-state index is 0.199. The van der Waals surface area contributed by atoms with Gasteiger partial charge in [-0.1, -0.05) is 32.4 Å². The average molecular weight is 307 g/mol. The molecule has 0 bridgehead atoms. The lowest BCUT2D eigenvalue weighted by Crippen LogP contribution is -2.17. The third kappa shape index (κ3) is 3.64. The Morgan fingerprint density at radius 2 is 1.57 bits per heavy atom. The van der Waals surface area contributed by atoms with Crippen LogP contribution in [-0.2, 0) is 5.41 Å². The van der Waals surface area contributed by atoms with Gasteiger partial charge in [-0.3, -0.25) is 0 Å². The Labute approximate surface area is 130 Å². The third-order valence-corrected chi connectivity index (χ3v) is 3.35. The monoisotopic (exact) mass is 306 g/mol. The molecule has 0 spiro atoms. The first-order valence-electron chi connectivity index (χ1n) is 6.68. The maximum absolute atomic E-state index is 6.19. The fourth-order valence-electron chi connectivity index (χ4n) is 1.66. The maximum Gasteiger partial charge on any atom is 0.227 e. The Morgan fingerprint density at radius 1 is 1.00 bits per heavy atom. The van der Waals surface area contributed by atoms with Crippen LogP contribution in [0.5, 0.6) is 17.4 Å². The van der Waals surface area contributed by atoms with E-state index in [2.05, 4.69) is 9.97 Å². The van der Waals surface area contributed by atoms with E-state index >= 15 is 0 Å². The van der Waals surface area contributed by atoms with E-state index in [0.717, 1.165) is 11.3 Å². The lowest BCUT2D eigenvalue weighted by molar-refractivity contribution is 0.411. The Bertz CT molecular complexity index is 634. The van der Waals surface area contributed by atoms with Gasteiger partial charge >= 0.3 is 0 Å². The van der Waals surface area contributed by atoms with Crippen LogP contribution in [0.2, 0.25) is 5.15 Å². The van der Waals surface area contributed by atoms with Crippen LogP contribution in [0.3, 0.4) is 0 Å². The predicted octanol–water partition coefficient (Wildman–Crippen LogP) is 4.54. The molecule has 4 nitrogen and oxygen atoms in total. The number of ether oxygens (including phenoxy) is 2. The summed E-state index contributed by atoms with van der Waals surface area (Å²) in [4.78, 5) is 8.82. The molecule has 0 saturated carbocycles. The second-order valence-electron chi connectivity index (χ2n) is 5.80. The van der Waals surface area contributed by atoms with Crippen molar-refractivity contribution < 1.29 is 9.47 Å². The largest absolute Gasteiger partial charge is 0.497 e. The van der Waals surface area contributed by atoms with Crippen molar-refractivity contribution in [1.82, 2.24) is 9.97 Å². The summed E-state index contributed by atoms with van der Waals surface area (Å²) < 4.78 is 11.0. The Balaban J connectivity index is 2.36. The fraction of sp³-hybridized carbons (Fsp3) is 0.375. The molecular formula is C16H19ClN2O2. The highest BCUT2D eigenvalue weighted by atomic mass is 35.5. The van der Waals surface area contributed by atoms with E-state index in [-0.39, 0.29) is 5.41 Å². The molecular weight excluding hydrogens is 288 g/mol. The number of hydrogen-bond donors (Lipinski definition) is 0. The lowest BCUT2D eigenvalue weighted by atomic mass is 9.96. The molecule has 0 radical (unpaired) electrons. The molecule has 2 aromatic rings. The van der Waals surface area contributed by atoms with E-state index in [1.54, 1.807) is 7.11 Å². The lowest BCUT2D eigenvalue weighted by Gasteiger charge is -2.19. The van der Waals surface area contributed by atoms with Crippen molar-refractivity contribution in [3.05, 3.63) is 40.8 Å². The molecule has 0 aliphatic carbocycles. The van der Waals surface area contributed by atoms with E-state index in [1.165, 1.54) is 0 Å². The Morgan fingerprint density at radius 3 is 2.10 bits per heavy atom. The van der Waals surface area contributed by atoms with Crippen LogP contribution in [-0.4, -0.2) is 17.1 Å². The van der Waals surface area contributed by atoms with Crippen molar-refractivity contribution in [3.8, 4) is 17.4 Å². The first-order chi connectivity index (χ1) is 9.81. The average Bonchev–Trinajstić information content (AvgIpc) is 2.43. The molecule has 0 aliphatic heterocycles. The van der Waals surface area contributed by atoms with Gasteiger partial charge in [0.2, 0.25) is 5.88 Å². The summed E-state index contributed by atoms with van der Waals surface area (Å²) in [5, 5.41) is 0.415. The minimum atomic E-state index is -0.199. The molecule has 1 aromatic heterocycles. The number of aromatic nitrogens is 2. The second-order valence-corrected chi connectivity index (χ2v) is 6.15. The second kappa shape index (κ2) is 5.90. The number of methoxy groups -OCH3 is 1. The molecule has 0 atom stereocenters. The zero-order valence-electron chi connectivity index (χ0n) is 12.9. The molecule has 1 heterocycles. The number of benzene rings is 1. The van der Waals surface area contributed by atoms with Crippen LogP contribution in [0.15, 0.2) is 24.3 Å². The number of rotatable bonds is 3. The number of halogens is 1. The fourth-order valence-corrected chi connectivity index (χ4v) is 1.82. The highest BCUT2D eigenvalue weighted by Gasteiger charge is 2.21. The molecule has 0 fully saturated rings. The van der Waals surface area contributed by atoms with Crippen LogP contribution >= 0.6 is 11.6 Å². The van der Waals surface area contributed by atoms with Crippen molar-refractivity contribution in [3.63, 3.8) is 0 Å². The van der Waals surface area contributed by atoms with Gasteiger partial charge in [-0.15, -0.1) is 0 Å². The topological polar surface area (TPSA) is 44.2 Å². The minimum Gasteiger partial charge on any atom is -0.497 e. The van der Waals surface area contributed by atoms with E-state index in [4.69, 9.17) is 21.1 Å². The molecule has 0 N–H and O–H groups in total. The Kier molecular flexibility index (Phi) is 4.37. The highest BCUT2D eigenvalue weighted by molar-refractivity contribution is 6.30. The summed E-state index contributed by atoms with van der Waals surface area (Å²) in [5.74, 6) is 2.58. The zero-order valence-corrected chi connectivity index (χ0v) is 13.7. The van der Waals surface area contributed by atoms with Gasteiger partial charge in [0, 0.05) is 11.0 Å². The van der Waals surface area contributed by atoms with Gasteiger partial charge < -0.3 is 9.47 Å². The first kappa shape index (κ1) is 15.6. The highest BCUT2D eigenvalue weighted by Crippen LogP contribution is 2.30. The third-order valence-electron chi connectivity index (χ3n) is 2.99. The molecule has 21 heavy (non-hydrogen) atoms. The van der Waals surface area contributed by atoms with Gasteiger partial charge in [-0.25, -0.2) is 4.98 Å². The smallest absolute Gasteiger partial charge is 0.227 e. The molecule has 112 valence electrons. The van der Waals surface area contributed by atoms with Crippen molar-refractivity contribution in [1.29, 1.82) is 0 Å². The summed E-state index contributed by atoms with van der Waals surface area (Å²) in [6.45, 7) is 7.94. The molecule has 5 heteroatoms. The van der Waals surface area contributed by atoms with Gasteiger partial charge in [0.15, 0.2) is 0 Å². The maximum atomic E-state index is 6.19. The molecule has 2 rings (SSSR count). The van der Waals surface area contributed by atoms with Crippen LogP contribution in [0.25, 0.3) is 0 Å². The SMILES string of the molecule is COc1ccc(Oc2nc(C(C)(C)C)nc(Cl)c2C)cc1.